The molecular formula is C16H15FN4O. The summed E-state index contributed by atoms with van der Waals surface area (Å²) < 4.78 is 21.1. The minimum Gasteiger partial charge on any atom is -0.359 e. The minimum atomic E-state index is -0.422. The number of imidazole rings is 1. The van der Waals surface area contributed by atoms with E-state index < -0.39 is 5.82 Å². The molecule has 0 amide bonds. The number of halogens is 1. The van der Waals surface area contributed by atoms with Gasteiger partial charge in [-0.25, -0.2) is 14.1 Å². The van der Waals surface area contributed by atoms with Gasteiger partial charge in [0.2, 0.25) is 0 Å². The van der Waals surface area contributed by atoms with Gasteiger partial charge in [0.15, 0.2) is 5.82 Å². The van der Waals surface area contributed by atoms with Crippen LogP contribution in [0.3, 0.4) is 0 Å². The molecule has 0 aliphatic carbocycles. The van der Waals surface area contributed by atoms with Crippen molar-refractivity contribution >= 4 is 11.0 Å². The predicted molar refractivity (Wildman–Crippen MR) is 80.4 cm³/mol. The minimum absolute atomic E-state index is 0.0707. The molecule has 2 heterocycles. The van der Waals surface area contributed by atoms with E-state index in [1.165, 1.54) is 11.0 Å². The average Bonchev–Trinajstić information content (AvgIpc) is 3.09. The van der Waals surface area contributed by atoms with Gasteiger partial charge in [-0.05, 0) is 26.0 Å². The Bertz CT molecular complexity index is 856. The van der Waals surface area contributed by atoms with Crippen LogP contribution < -0.4 is 0 Å². The van der Waals surface area contributed by atoms with E-state index in [9.17, 15) is 4.39 Å². The molecule has 6 heteroatoms. The van der Waals surface area contributed by atoms with Crippen molar-refractivity contribution in [2.24, 2.45) is 0 Å². The van der Waals surface area contributed by atoms with Crippen molar-refractivity contribution < 1.29 is 9.13 Å². The van der Waals surface area contributed by atoms with E-state index >= 15 is 0 Å². The molecule has 0 aliphatic rings. The maximum atomic E-state index is 14.0. The largest absolute Gasteiger partial charge is 0.359 e. The topological polar surface area (TPSA) is 44.9 Å². The molecule has 3 rings (SSSR count). The first-order valence-corrected chi connectivity index (χ1v) is 6.89. The molecule has 3 aromatic rings. The number of fused-ring (bicyclic) bond motifs is 1. The van der Waals surface area contributed by atoms with Crippen molar-refractivity contribution in [3.63, 3.8) is 0 Å². The Morgan fingerprint density at radius 2 is 2.18 bits per heavy atom. The standard InChI is InChI=1S/C16H15FN4O/c1-3-6-12(2)22-10-15-13(17)9-21(19-15)20-11-18-14-7-4-5-8-16(14)20/h4-5,7-9,11-12H,10H2,1-2H3. The van der Waals surface area contributed by atoms with E-state index in [-0.39, 0.29) is 18.4 Å². The second-order valence-corrected chi connectivity index (χ2v) is 4.77. The molecule has 0 saturated carbocycles. The summed E-state index contributed by atoms with van der Waals surface area (Å²) in [6, 6.07) is 7.59. The SMILES string of the molecule is CC#CC(C)OCc1nn(-n2cnc3ccccc32)cc1F. The third-order valence-electron chi connectivity index (χ3n) is 3.20. The van der Waals surface area contributed by atoms with Crippen LogP contribution in [0.1, 0.15) is 19.5 Å². The number of benzene rings is 1. The molecule has 0 fully saturated rings. The van der Waals surface area contributed by atoms with Crippen LogP contribution >= 0.6 is 0 Å². The van der Waals surface area contributed by atoms with Crippen LogP contribution in [0, 0.1) is 17.7 Å². The first-order valence-electron chi connectivity index (χ1n) is 6.89. The lowest BCUT2D eigenvalue weighted by molar-refractivity contribution is 0.0852. The second-order valence-electron chi connectivity index (χ2n) is 4.77. The fraction of sp³-hybridized carbons (Fsp3) is 0.250. The predicted octanol–water partition coefficient (Wildman–Crippen LogP) is 2.61. The first-order chi connectivity index (χ1) is 10.7. The van der Waals surface area contributed by atoms with Crippen molar-refractivity contribution in [2.75, 3.05) is 0 Å². The number of aromatic nitrogens is 4. The molecule has 0 N–H and O–H groups in total. The number of rotatable bonds is 4. The summed E-state index contributed by atoms with van der Waals surface area (Å²) in [5.41, 5.74) is 1.91. The highest BCUT2D eigenvalue weighted by molar-refractivity contribution is 5.74. The Morgan fingerprint density at radius 3 is 3.00 bits per heavy atom. The van der Waals surface area contributed by atoms with Gasteiger partial charge in [-0.2, -0.15) is 9.89 Å². The summed E-state index contributed by atoms with van der Waals surface area (Å²) in [6.45, 7) is 3.62. The van der Waals surface area contributed by atoms with Crippen LogP contribution in [0.2, 0.25) is 0 Å². The Balaban J connectivity index is 1.87. The second kappa shape index (κ2) is 6.00. The zero-order valence-electron chi connectivity index (χ0n) is 12.3. The molecule has 22 heavy (non-hydrogen) atoms. The number of para-hydroxylation sites is 2. The number of ether oxygens (including phenoxy) is 1. The molecular weight excluding hydrogens is 283 g/mol. The Morgan fingerprint density at radius 1 is 1.36 bits per heavy atom. The van der Waals surface area contributed by atoms with E-state index in [1.807, 2.05) is 31.2 Å². The molecule has 5 nitrogen and oxygen atoms in total. The van der Waals surface area contributed by atoms with Gasteiger partial charge < -0.3 is 4.74 Å². The normalized spacial score (nSPS) is 12.1. The average molecular weight is 298 g/mol. The van der Waals surface area contributed by atoms with Crippen LogP contribution in [0.5, 0.6) is 0 Å². The first kappa shape index (κ1) is 14.3. The molecule has 0 aliphatic heterocycles. The molecule has 0 spiro atoms. The van der Waals surface area contributed by atoms with Crippen LogP contribution in [-0.2, 0) is 11.3 Å². The van der Waals surface area contributed by atoms with Crippen molar-refractivity contribution in [3.8, 4) is 11.8 Å². The van der Waals surface area contributed by atoms with Gasteiger partial charge >= 0.3 is 0 Å². The highest BCUT2D eigenvalue weighted by Crippen LogP contribution is 2.14. The van der Waals surface area contributed by atoms with Gasteiger partial charge in [-0.1, -0.05) is 18.1 Å². The monoisotopic (exact) mass is 298 g/mol. The maximum absolute atomic E-state index is 14.0. The van der Waals surface area contributed by atoms with Gasteiger partial charge in [-0.3, -0.25) is 0 Å². The summed E-state index contributed by atoms with van der Waals surface area (Å²) >= 11 is 0. The van der Waals surface area contributed by atoms with Gasteiger partial charge in [0.05, 0.1) is 23.8 Å². The van der Waals surface area contributed by atoms with Crippen molar-refractivity contribution in [1.82, 2.24) is 19.5 Å². The molecule has 112 valence electrons. The van der Waals surface area contributed by atoms with E-state index in [2.05, 4.69) is 21.9 Å². The highest BCUT2D eigenvalue weighted by Gasteiger charge is 2.12. The quantitative estimate of drug-likeness (QED) is 0.696. The lowest BCUT2D eigenvalue weighted by Gasteiger charge is -2.05. The molecule has 0 bridgehead atoms. The van der Waals surface area contributed by atoms with Crippen molar-refractivity contribution in [2.45, 2.75) is 26.6 Å². The molecule has 1 unspecified atom stereocenters. The lowest BCUT2D eigenvalue weighted by atomic mass is 10.3. The molecule has 0 radical (unpaired) electrons. The molecule has 1 atom stereocenters. The fourth-order valence-electron chi connectivity index (χ4n) is 2.14. The highest BCUT2D eigenvalue weighted by atomic mass is 19.1. The van der Waals surface area contributed by atoms with E-state index in [1.54, 1.807) is 17.9 Å². The summed E-state index contributed by atoms with van der Waals surface area (Å²) in [5, 5.41) is 4.23. The molecule has 1 aromatic carbocycles. The van der Waals surface area contributed by atoms with Crippen molar-refractivity contribution in [1.29, 1.82) is 0 Å². The zero-order chi connectivity index (χ0) is 15.5. The van der Waals surface area contributed by atoms with Gasteiger partial charge in [0.1, 0.15) is 18.1 Å². The third-order valence-corrected chi connectivity index (χ3v) is 3.20. The van der Waals surface area contributed by atoms with Crippen LogP contribution in [0.25, 0.3) is 11.0 Å². The lowest BCUT2D eigenvalue weighted by Crippen LogP contribution is -2.10. The maximum Gasteiger partial charge on any atom is 0.168 e. The van der Waals surface area contributed by atoms with Gasteiger partial charge in [0.25, 0.3) is 0 Å². The zero-order valence-corrected chi connectivity index (χ0v) is 12.3. The summed E-state index contributed by atoms with van der Waals surface area (Å²) in [7, 11) is 0. The van der Waals surface area contributed by atoms with Crippen molar-refractivity contribution in [3.05, 3.63) is 48.3 Å². The summed E-state index contributed by atoms with van der Waals surface area (Å²) in [4.78, 5) is 5.68. The Labute approximate surface area is 127 Å². The summed E-state index contributed by atoms with van der Waals surface area (Å²) in [5.74, 6) is 5.19. The number of hydrogen-bond acceptors (Lipinski definition) is 3. The van der Waals surface area contributed by atoms with Crippen LogP contribution in [0.15, 0.2) is 36.8 Å². The van der Waals surface area contributed by atoms with Crippen LogP contribution in [-0.4, -0.2) is 25.7 Å². The van der Waals surface area contributed by atoms with E-state index in [0.29, 0.717) is 0 Å². The Kier molecular flexibility index (Phi) is 3.90. The molecule has 0 saturated heterocycles. The number of nitrogens with zero attached hydrogens (tertiary/aromatic N) is 4. The Hall–Kier alpha value is -2.65. The van der Waals surface area contributed by atoms with E-state index in [0.717, 1.165) is 11.0 Å². The van der Waals surface area contributed by atoms with Gasteiger partial charge in [-0.15, -0.1) is 5.92 Å². The fourth-order valence-corrected chi connectivity index (χ4v) is 2.14. The van der Waals surface area contributed by atoms with Gasteiger partial charge in [0, 0.05) is 0 Å². The number of hydrogen-bond donors (Lipinski definition) is 0. The molecule has 2 aromatic heterocycles. The van der Waals surface area contributed by atoms with E-state index in [4.69, 9.17) is 4.74 Å². The summed E-state index contributed by atoms with van der Waals surface area (Å²) in [6.07, 6.45) is 2.65. The smallest absolute Gasteiger partial charge is 0.168 e. The third kappa shape index (κ3) is 2.71. The van der Waals surface area contributed by atoms with Crippen LogP contribution in [0.4, 0.5) is 4.39 Å².